The second-order valence-electron chi connectivity index (χ2n) is 5.78. The van der Waals surface area contributed by atoms with Crippen LogP contribution in [0, 0.1) is 0 Å². The first-order valence-corrected chi connectivity index (χ1v) is 15.2. The van der Waals surface area contributed by atoms with Gasteiger partial charge in [-0.3, -0.25) is 0 Å². The zero-order valence-electron chi connectivity index (χ0n) is 12.8. The topological polar surface area (TPSA) is 49.7 Å². The fourth-order valence-electron chi connectivity index (χ4n) is 2.88. The molecule has 0 amide bonds. The van der Waals surface area contributed by atoms with E-state index in [1.165, 1.54) is 9.10 Å². The van der Waals surface area contributed by atoms with Gasteiger partial charge in [0, 0.05) is 0 Å². The van der Waals surface area contributed by atoms with Crippen molar-refractivity contribution in [3.63, 3.8) is 0 Å². The molecular formula is C14H10Cl4N4O2P2. The fourth-order valence-corrected chi connectivity index (χ4v) is 22.9. The van der Waals surface area contributed by atoms with Gasteiger partial charge in [0.15, 0.2) is 0 Å². The zero-order valence-corrected chi connectivity index (χ0v) is 17.6. The van der Waals surface area contributed by atoms with Crippen molar-refractivity contribution in [1.82, 2.24) is 9.10 Å². The standard InChI is InChI=1S/C14H10Cl4N4O2P2/c15-25(16)21(19-13(23-25)11-7-3-1-4-8-11)26(17,18)22(25)20-14(24-26)12-9-5-2-6-10-12/h1-10H. The average Bonchev–Trinajstić information content (AvgIpc) is 3.08. The summed E-state index contributed by atoms with van der Waals surface area (Å²) in [5.74, 6) is -8.09. The van der Waals surface area contributed by atoms with Crippen molar-refractivity contribution in [3.8, 4) is 0 Å². The van der Waals surface area contributed by atoms with Crippen LogP contribution in [0.3, 0.4) is 0 Å². The van der Waals surface area contributed by atoms with Crippen LogP contribution in [0.2, 0.25) is 0 Å². The van der Waals surface area contributed by atoms with Gasteiger partial charge in [-0.25, -0.2) is 0 Å². The average molecular weight is 470 g/mol. The number of halogens is 4. The molecule has 6 nitrogen and oxygen atoms in total. The van der Waals surface area contributed by atoms with E-state index in [0.29, 0.717) is 11.1 Å². The normalized spacial score (nSPS) is 28.3. The Labute approximate surface area is 168 Å². The van der Waals surface area contributed by atoms with E-state index in [0.717, 1.165) is 0 Å². The van der Waals surface area contributed by atoms with Crippen LogP contribution in [0.4, 0.5) is 0 Å². The molecule has 0 unspecified atom stereocenters. The SMILES string of the molecule is ClP12(Cl)OC(c3ccccc3)=NN1P1(Cl)(Cl)OC(c3ccccc3)=NN21. The van der Waals surface area contributed by atoms with Gasteiger partial charge < -0.3 is 0 Å². The maximum atomic E-state index is 6.73. The molecule has 0 saturated carbocycles. The Balaban J connectivity index is 1.59. The van der Waals surface area contributed by atoms with Crippen LogP contribution >= 0.6 is 56.6 Å². The maximum absolute atomic E-state index is 6.73. The van der Waals surface area contributed by atoms with Crippen LogP contribution in [0.5, 0.6) is 0 Å². The molecule has 2 aromatic carbocycles. The number of fused-ring (bicyclic) bond motifs is 4. The zero-order chi connectivity index (χ0) is 18.3. The Kier molecular flexibility index (Phi) is 3.21. The minimum atomic E-state index is -4.26. The molecule has 12 heteroatoms. The number of nitrogens with zero attached hydrogens (tertiary/aromatic N) is 4. The summed E-state index contributed by atoms with van der Waals surface area (Å²) in [4.78, 5) is 0. The van der Waals surface area contributed by atoms with Gasteiger partial charge in [-0.2, -0.15) is 0 Å². The van der Waals surface area contributed by atoms with Crippen LogP contribution in [-0.4, -0.2) is 20.9 Å². The molecule has 3 aliphatic heterocycles. The second-order valence-corrected chi connectivity index (χ2v) is 19.7. The van der Waals surface area contributed by atoms with Crippen molar-refractivity contribution >= 4 is 68.4 Å². The minimum absolute atomic E-state index is 0.216. The molecule has 0 bridgehead atoms. The van der Waals surface area contributed by atoms with Crippen molar-refractivity contribution in [2.75, 3.05) is 0 Å². The Morgan fingerprint density at radius 3 is 1.31 bits per heavy atom. The van der Waals surface area contributed by atoms with E-state index in [-0.39, 0.29) is 11.8 Å². The molecular weight excluding hydrogens is 460 g/mol. The molecule has 2 aromatic rings. The van der Waals surface area contributed by atoms with E-state index >= 15 is 0 Å². The Bertz CT molecular complexity index is 905. The number of benzene rings is 2. The summed E-state index contributed by atoms with van der Waals surface area (Å²) in [5, 5.41) is 8.72. The Morgan fingerprint density at radius 2 is 0.962 bits per heavy atom. The fraction of sp³-hybridized carbons (Fsp3) is 0. The molecule has 136 valence electrons. The molecule has 1 fully saturated rings. The molecule has 0 radical (unpaired) electrons. The van der Waals surface area contributed by atoms with Crippen molar-refractivity contribution in [3.05, 3.63) is 71.8 Å². The third kappa shape index (κ3) is 1.98. The first-order chi connectivity index (χ1) is 12.2. The summed E-state index contributed by atoms with van der Waals surface area (Å²) >= 11 is 26.9. The molecule has 0 spiro atoms. The molecule has 3 aliphatic rings. The van der Waals surface area contributed by atoms with Gasteiger partial charge in [-0.15, -0.1) is 0 Å². The predicted molar refractivity (Wildman–Crippen MR) is 109 cm³/mol. The van der Waals surface area contributed by atoms with E-state index in [9.17, 15) is 0 Å². The van der Waals surface area contributed by atoms with Crippen molar-refractivity contribution < 1.29 is 9.05 Å². The van der Waals surface area contributed by atoms with Gasteiger partial charge in [0.05, 0.1) is 0 Å². The summed E-state index contributed by atoms with van der Waals surface area (Å²) in [6.45, 7) is 0. The third-order valence-electron chi connectivity index (χ3n) is 4.03. The molecule has 0 N–H and O–H groups in total. The molecule has 0 aliphatic carbocycles. The monoisotopic (exact) mass is 468 g/mol. The predicted octanol–water partition coefficient (Wildman–Crippen LogP) is 6.60. The van der Waals surface area contributed by atoms with Crippen molar-refractivity contribution in [2.24, 2.45) is 10.2 Å². The molecule has 0 atom stereocenters. The number of rotatable bonds is 2. The Morgan fingerprint density at radius 1 is 0.615 bits per heavy atom. The molecule has 5 rings (SSSR count). The van der Waals surface area contributed by atoms with Gasteiger partial charge in [-0.05, 0) is 0 Å². The van der Waals surface area contributed by atoms with Gasteiger partial charge in [0.1, 0.15) is 0 Å². The van der Waals surface area contributed by atoms with Crippen LogP contribution in [-0.2, 0) is 9.05 Å². The van der Waals surface area contributed by atoms with E-state index in [1.54, 1.807) is 0 Å². The first-order valence-electron chi connectivity index (χ1n) is 7.42. The summed E-state index contributed by atoms with van der Waals surface area (Å²) in [6, 6.07) is 18.3. The third-order valence-corrected chi connectivity index (χ3v) is 18.4. The van der Waals surface area contributed by atoms with E-state index < -0.39 is 11.7 Å². The Hall–Kier alpha value is -1.00. The number of hydrogen-bond acceptors (Lipinski definition) is 6. The second kappa shape index (κ2) is 4.88. The van der Waals surface area contributed by atoms with E-state index in [2.05, 4.69) is 10.2 Å². The first kappa shape index (κ1) is 17.1. The van der Waals surface area contributed by atoms with Gasteiger partial charge >= 0.3 is 169 Å². The molecule has 0 aromatic heterocycles. The van der Waals surface area contributed by atoms with Crippen molar-refractivity contribution in [2.45, 2.75) is 0 Å². The molecule has 26 heavy (non-hydrogen) atoms. The molecule has 3 heterocycles. The van der Waals surface area contributed by atoms with Gasteiger partial charge in [-0.1, -0.05) is 0 Å². The van der Waals surface area contributed by atoms with E-state index in [4.69, 9.17) is 54.0 Å². The van der Waals surface area contributed by atoms with Crippen molar-refractivity contribution in [1.29, 1.82) is 0 Å². The summed E-state index contributed by atoms with van der Waals surface area (Å²) in [5.41, 5.74) is 1.37. The van der Waals surface area contributed by atoms with Gasteiger partial charge in [0.2, 0.25) is 0 Å². The van der Waals surface area contributed by atoms with Crippen LogP contribution in [0.25, 0.3) is 0 Å². The molecule has 1 saturated heterocycles. The number of hydrazone groups is 2. The van der Waals surface area contributed by atoms with E-state index in [1.807, 2.05) is 60.7 Å². The summed E-state index contributed by atoms with van der Waals surface area (Å²) in [7, 11) is 0. The van der Waals surface area contributed by atoms with Crippen LogP contribution in [0.15, 0.2) is 70.9 Å². The van der Waals surface area contributed by atoms with Crippen LogP contribution in [0.1, 0.15) is 11.1 Å². The van der Waals surface area contributed by atoms with Crippen LogP contribution < -0.4 is 0 Å². The summed E-state index contributed by atoms with van der Waals surface area (Å²) < 4.78 is 14.2. The summed E-state index contributed by atoms with van der Waals surface area (Å²) in [6.07, 6.45) is 0. The number of hydrogen-bond donors (Lipinski definition) is 0. The van der Waals surface area contributed by atoms with Gasteiger partial charge in [0.25, 0.3) is 0 Å². The quantitative estimate of drug-likeness (QED) is 0.465.